The Balaban J connectivity index is 1.94. The quantitative estimate of drug-likeness (QED) is 0.278. The van der Waals surface area contributed by atoms with Gasteiger partial charge in [-0.3, -0.25) is 10.1 Å². The van der Waals surface area contributed by atoms with Crippen molar-refractivity contribution >= 4 is 21.5 Å². The van der Waals surface area contributed by atoms with Gasteiger partial charge in [-0.15, -0.1) is 0 Å². The molecule has 8 nitrogen and oxygen atoms in total. The molecule has 0 fully saturated rings. The van der Waals surface area contributed by atoms with Gasteiger partial charge in [0, 0.05) is 6.07 Å². The second kappa shape index (κ2) is 9.13. The van der Waals surface area contributed by atoms with Crippen LogP contribution in [0.1, 0.15) is 23.7 Å². The number of carbonyl (C=O) groups is 1. The predicted octanol–water partition coefficient (Wildman–Crippen LogP) is 3.01. The Morgan fingerprint density at radius 3 is 2.48 bits per heavy atom. The molecule has 0 atom stereocenters. The van der Waals surface area contributed by atoms with E-state index in [1.165, 1.54) is 24.3 Å². The molecule has 0 aliphatic heterocycles. The van der Waals surface area contributed by atoms with E-state index in [-0.39, 0.29) is 47.3 Å². The average molecular weight is 393 g/mol. The number of esters is 1. The van der Waals surface area contributed by atoms with E-state index in [0.717, 1.165) is 6.07 Å². The molecule has 0 unspecified atom stereocenters. The highest BCUT2D eigenvalue weighted by Crippen LogP contribution is 2.28. The normalized spacial score (nSPS) is 11.0. The van der Waals surface area contributed by atoms with Gasteiger partial charge in [-0.2, -0.15) is 0 Å². The van der Waals surface area contributed by atoms with Crippen LogP contribution in [0.2, 0.25) is 0 Å². The van der Waals surface area contributed by atoms with E-state index < -0.39 is 20.7 Å². The fraction of sp³-hybridized carbons (Fsp3) is 0.278. The number of benzene rings is 2. The first-order valence-corrected chi connectivity index (χ1v) is 9.86. The summed E-state index contributed by atoms with van der Waals surface area (Å²) in [4.78, 5) is 22.7. The van der Waals surface area contributed by atoms with Crippen molar-refractivity contribution < 1.29 is 27.6 Å². The van der Waals surface area contributed by atoms with E-state index in [4.69, 9.17) is 9.47 Å². The molecule has 0 saturated carbocycles. The Labute approximate surface area is 156 Å². The van der Waals surface area contributed by atoms with E-state index in [2.05, 4.69) is 0 Å². The van der Waals surface area contributed by atoms with Crippen molar-refractivity contribution in [2.24, 2.45) is 0 Å². The number of ether oxygens (including phenoxy) is 2. The monoisotopic (exact) mass is 393 g/mol. The zero-order valence-corrected chi connectivity index (χ0v) is 15.5. The topological polar surface area (TPSA) is 113 Å². The van der Waals surface area contributed by atoms with E-state index in [1.807, 2.05) is 0 Å². The largest absolute Gasteiger partial charge is 0.487 e. The van der Waals surface area contributed by atoms with Gasteiger partial charge in [0.05, 0.1) is 34.3 Å². The van der Waals surface area contributed by atoms with Crippen molar-refractivity contribution in [1.29, 1.82) is 0 Å². The Hall–Kier alpha value is -2.94. The van der Waals surface area contributed by atoms with Gasteiger partial charge in [0.25, 0.3) is 0 Å². The third kappa shape index (κ3) is 5.52. The van der Waals surface area contributed by atoms with Crippen molar-refractivity contribution in [3.05, 3.63) is 64.2 Å². The summed E-state index contributed by atoms with van der Waals surface area (Å²) in [6.07, 6.45) is 0.113. The van der Waals surface area contributed by atoms with E-state index in [0.29, 0.717) is 0 Å². The van der Waals surface area contributed by atoms with Crippen LogP contribution in [0.4, 0.5) is 5.69 Å². The summed E-state index contributed by atoms with van der Waals surface area (Å²) in [5.74, 6) is -0.875. The van der Waals surface area contributed by atoms with Crippen LogP contribution in [0.3, 0.4) is 0 Å². The van der Waals surface area contributed by atoms with Crippen LogP contribution in [-0.4, -0.2) is 38.3 Å². The van der Waals surface area contributed by atoms with Gasteiger partial charge in [0.1, 0.15) is 0 Å². The Morgan fingerprint density at radius 1 is 1.15 bits per heavy atom. The van der Waals surface area contributed by atoms with Crippen molar-refractivity contribution in [3.8, 4) is 5.75 Å². The Kier molecular flexibility index (Phi) is 6.89. The van der Waals surface area contributed by atoms with Crippen LogP contribution < -0.4 is 4.74 Å². The molecule has 0 bridgehead atoms. The smallest absolute Gasteiger partial charge is 0.338 e. The lowest BCUT2D eigenvalue weighted by atomic mass is 10.2. The number of nitro benzene ring substituents is 1. The standard InChI is InChI=1S/C18H19NO7S/c1-2-25-17-10-9-14(13-16(17)19(21)22)18(20)26-11-6-12-27(23,24)15-7-4-3-5-8-15/h3-5,7-10,13H,2,6,11-12H2,1H3. The molecular weight excluding hydrogens is 374 g/mol. The minimum Gasteiger partial charge on any atom is -0.487 e. The average Bonchev–Trinajstić information content (AvgIpc) is 2.66. The van der Waals surface area contributed by atoms with Crippen LogP contribution in [0.15, 0.2) is 53.4 Å². The minimum atomic E-state index is -3.45. The van der Waals surface area contributed by atoms with Crippen molar-refractivity contribution in [3.63, 3.8) is 0 Å². The number of rotatable bonds is 9. The third-order valence-corrected chi connectivity index (χ3v) is 5.40. The molecule has 0 aliphatic rings. The lowest BCUT2D eigenvalue weighted by molar-refractivity contribution is -0.385. The van der Waals surface area contributed by atoms with Crippen LogP contribution in [0.5, 0.6) is 5.75 Å². The highest BCUT2D eigenvalue weighted by atomic mass is 32.2. The van der Waals surface area contributed by atoms with Crippen LogP contribution >= 0.6 is 0 Å². The molecule has 144 valence electrons. The molecule has 0 N–H and O–H groups in total. The molecule has 0 aromatic heterocycles. The molecule has 0 amide bonds. The zero-order valence-electron chi connectivity index (χ0n) is 14.7. The Morgan fingerprint density at radius 2 is 1.85 bits per heavy atom. The van der Waals surface area contributed by atoms with Crippen molar-refractivity contribution in [2.45, 2.75) is 18.2 Å². The number of sulfone groups is 1. The van der Waals surface area contributed by atoms with Gasteiger partial charge in [-0.1, -0.05) is 18.2 Å². The number of hydrogen-bond acceptors (Lipinski definition) is 7. The first-order chi connectivity index (χ1) is 12.8. The van der Waals surface area contributed by atoms with Crippen LogP contribution in [-0.2, 0) is 14.6 Å². The number of hydrogen-bond donors (Lipinski definition) is 0. The zero-order chi connectivity index (χ0) is 19.9. The Bertz CT molecular complexity index is 911. The van der Waals surface area contributed by atoms with Crippen LogP contribution in [0.25, 0.3) is 0 Å². The number of carbonyl (C=O) groups excluding carboxylic acids is 1. The maximum Gasteiger partial charge on any atom is 0.338 e. The molecule has 27 heavy (non-hydrogen) atoms. The summed E-state index contributed by atoms with van der Waals surface area (Å²) in [6.45, 7) is 1.82. The second-order valence-corrected chi connectivity index (χ2v) is 7.60. The second-order valence-electron chi connectivity index (χ2n) is 5.49. The third-order valence-electron chi connectivity index (χ3n) is 3.58. The molecule has 0 aliphatic carbocycles. The molecule has 9 heteroatoms. The minimum absolute atomic E-state index is 0.00364. The lowest BCUT2D eigenvalue weighted by Crippen LogP contribution is -2.12. The van der Waals surface area contributed by atoms with Crippen molar-refractivity contribution in [2.75, 3.05) is 19.0 Å². The summed E-state index contributed by atoms with van der Waals surface area (Å²) in [5, 5.41) is 11.1. The van der Waals surface area contributed by atoms with Gasteiger partial charge in [0.2, 0.25) is 0 Å². The summed E-state index contributed by atoms with van der Waals surface area (Å²) < 4.78 is 34.4. The predicted molar refractivity (Wildman–Crippen MR) is 97.7 cm³/mol. The molecular formula is C18H19NO7S. The molecule has 2 rings (SSSR count). The molecule has 0 heterocycles. The highest BCUT2D eigenvalue weighted by Gasteiger charge is 2.20. The first-order valence-electron chi connectivity index (χ1n) is 8.21. The summed E-state index contributed by atoms with van der Waals surface area (Å²) in [5.41, 5.74) is -0.339. The summed E-state index contributed by atoms with van der Waals surface area (Å²) >= 11 is 0. The maximum atomic E-state index is 12.1. The lowest BCUT2D eigenvalue weighted by Gasteiger charge is -2.08. The fourth-order valence-electron chi connectivity index (χ4n) is 2.31. The molecule has 0 spiro atoms. The summed E-state index contributed by atoms with van der Waals surface area (Å²) in [7, 11) is -3.45. The fourth-order valence-corrected chi connectivity index (χ4v) is 3.61. The molecule has 2 aromatic rings. The van der Waals surface area contributed by atoms with Gasteiger partial charge in [-0.25, -0.2) is 13.2 Å². The molecule has 0 radical (unpaired) electrons. The van der Waals surface area contributed by atoms with E-state index in [9.17, 15) is 23.3 Å². The van der Waals surface area contributed by atoms with Gasteiger partial charge >= 0.3 is 11.7 Å². The molecule has 2 aromatic carbocycles. The number of nitrogens with zero attached hydrogens (tertiary/aromatic N) is 1. The molecule has 0 saturated heterocycles. The van der Waals surface area contributed by atoms with Crippen molar-refractivity contribution in [1.82, 2.24) is 0 Å². The SMILES string of the molecule is CCOc1ccc(C(=O)OCCCS(=O)(=O)c2ccccc2)cc1[N+](=O)[O-]. The van der Waals surface area contributed by atoms with Gasteiger partial charge in [0.15, 0.2) is 15.6 Å². The van der Waals surface area contributed by atoms with E-state index >= 15 is 0 Å². The highest BCUT2D eigenvalue weighted by molar-refractivity contribution is 7.91. The summed E-state index contributed by atoms with van der Waals surface area (Å²) in [6, 6.07) is 11.8. The first kappa shape index (κ1) is 20.4. The van der Waals surface area contributed by atoms with Gasteiger partial charge < -0.3 is 9.47 Å². The number of nitro groups is 1. The van der Waals surface area contributed by atoms with Crippen LogP contribution in [0, 0.1) is 10.1 Å². The van der Waals surface area contributed by atoms with E-state index in [1.54, 1.807) is 25.1 Å². The maximum absolute atomic E-state index is 12.1. The van der Waals surface area contributed by atoms with Gasteiger partial charge in [-0.05, 0) is 37.6 Å².